The van der Waals surface area contributed by atoms with Crippen molar-refractivity contribution >= 4 is 45.1 Å². The highest BCUT2D eigenvalue weighted by Gasteiger charge is 2.67. The molecule has 3 aliphatic rings. The highest BCUT2D eigenvalue weighted by molar-refractivity contribution is 9.09. The number of aryl methyl sites for hydroxylation is 1. The molecule has 0 radical (unpaired) electrons. The van der Waals surface area contributed by atoms with Crippen molar-refractivity contribution in [1.29, 1.82) is 0 Å². The van der Waals surface area contributed by atoms with E-state index in [1.54, 1.807) is 6.07 Å². The molecule has 1 saturated heterocycles. The van der Waals surface area contributed by atoms with Crippen molar-refractivity contribution in [3.8, 4) is 0 Å². The lowest BCUT2D eigenvalue weighted by molar-refractivity contribution is -0.145. The van der Waals surface area contributed by atoms with Crippen molar-refractivity contribution in [2.75, 3.05) is 5.32 Å². The number of hydrogen-bond donors (Lipinski definition) is 1. The maximum absolute atomic E-state index is 12.7. The monoisotopic (exact) mass is 383 g/mol. The summed E-state index contributed by atoms with van der Waals surface area (Å²) >= 11 is 9.71. The second kappa shape index (κ2) is 4.96. The zero-order valence-corrected chi connectivity index (χ0v) is 14.2. The van der Waals surface area contributed by atoms with Crippen LogP contribution in [0.15, 0.2) is 18.2 Å². The van der Waals surface area contributed by atoms with Crippen LogP contribution in [0.2, 0.25) is 5.02 Å². The average Bonchev–Trinajstić information content (AvgIpc) is 3.07. The number of amides is 1. The van der Waals surface area contributed by atoms with Crippen LogP contribution in [0.1, 0.15) is 12.0 Å². The molecule has 1 aromatic rings. The van der Waals surface area contributed by atoms with Crippen LogP contribution in [0.4, 0.5) is 5.69 Å². The molecule has 1 N–H and O–H groups in total. The van der Waals surface area contributed by atoms with E-state index in [-0.39, 0.29) is 46.5 Å². The largest absolute Gasteiger partial charge is 0.461 e. The molecule has 0 unspecified atom stereocenters. The minimum atomic E-state index is -0.319. The maximum atomic E-state index is 12.7. The van der Waals surface area contributed by atoms with Gasteiger partial charge in [0.1, 0.15) is 6.10 Å². The van der Waals surface area contributed by atoms with Crippen LogP contribution in [-0.2, 0) is 14.3 Å². The number of anilines is 1. The summed E-state index contributed by atoms with van der Waals surface area (Å²) < 4.78 is 5.43. The molecule has 6 heteroatoms. The Hall–Kier alpha value is -1.07. The van der Waals surface area contributed by atoms with Crippen LogP contribution in [-0.4, -0.2) is 22.8 Å². The molecule has 0 spiro atoms. The number of carbonyl (C=O) groups excluding carboxylic acids is 2. The van der Waals surface area contributed by atoms with Gasteiger partial charge in [-0.1, -0.05) is 33.6 Å². The number of benzene rings is 1. The number of esters is 1. The topological polar surface area (TPSA) is 55.4 Å². The van der Waals surface area contributed by atoms with E-state index in [4.69, 9.17) is 16.3 Å². The molecule has 2 aliphatic carbocycles. The molecular weight excluding hydrogens is 370 g/mol. The summed E-state index contributed by atoms with van der Waals surface area (Å²) in [6, 6.07) is 5.43. The molecule has 1 aromatic carbocycles. The Labute approximate surface area is 141 Å². The van der Waals surface area contributed by atoms with Gasteiger partial charge in [-0.15, -0.1) is 0 Å². The zero-order chi connectivity index (χ0) is 15.6. The number of rotatable bonds is 2. The maximum Gasteiger partial charge on any atom is 0.310 e. The first-order chi connectivity index (χ1) is 10.5. The van der Waals surface area contributed by atoms with Crippen molar-refractivity contribution in [3.05, 3.63) is 28.8 Å². The Bertz CT molecular complexity index is 679. The summed E-state index contributed by atoms with van der Waals surface area (Å²) in [5.41, 5.74) is 1.62. The van der Waals surface area contributed by atoms with Crippen molar-refractivity contribution in [1.82, 2.24) is 0 Å². The van der Waals surface area contributed by atoms with Gasteiger partial charge in [0, 0.05) is 16.6 Å². The SMILES string of the molecule is Cc1ccc(NC(=O)[C@@H]2[C@H]3C[C@H]4[C@H](OC(=O)[C@@H]42)[C@@H]3Br)cc1Cl. The lowest BCUT2D eigenvalue weighted by Gasteiger charge is -2.27. The number of nitrogens with one attached hydrogen (secondary N) is 1. The van der Waals surface area contributed by atoms with Gasteiger partial charge in [0.05, 0.1) is 16.7 Å². The van der Waals surface area contributed by atoms with E-state index < -0.39 is 0 Å². The molecule has 3 fully saturated rings. The molecule has 1 heterocycles. The van der Waals surface area contributed by atoms with Gasteiger partial charge < -0.3 is 10.1 Å². The standard InChI is InChI=1S/C16H15BrClNO3/c1-6-2-3-7(4-10(6)18)19-15(20)11-8-5-9-12(11)16(21)22-14(9)13(8)17/h2-4,8-9,11-14H,5H2,1H3,(H,19,20)/t8-,9-,11-,12+,13-,14+/m1/s1. The summed E-state index contributed by atoms with van der Waals surface area (Å²) in [5.74, 6) is -0.599. The number of alkyl halides is 1. The molecule has 1 aliphatic heterocycles. The summed E-state index contributed by atoms with van der Waals surface area (Å²) in [4.78, 5) is 24.8. The van der Waals surface area contributed by atoms with Crippen molar-refractivity contribution in [2.24, 2.45) is 23.7 Å². The normalized spacial score (nSPS) is 38.2. The molecule has 4 nitrogen and oxygen atoms in total. The Morgan fingerprint density at radius 1 is 1.41 bits per heavy atom. The fourth-order valence-corrected chi connectivity index (χ4v) is 5.45. The van der Waals surface area contributed by atoms with Gasteiger partial charge in [-0.05, 0) is 37.0 Å². The number of carbonyl (C=O) groups is 2. The van der Waals surface area contributed by atoms with Crippen LogP contribution in [0, 0.1) is 30.6 Å². The molecule has 6 atom stereocenters. The Balaban J connectivity index is 1.58. The predicted octanol–water partition coefficient (Wildman–Crippen LogP) is 3.16. The van der Waals surface area contributed by atoms with Crippen molar-refractivity contribution < 1.29 is 14.3 Å². The van der Waals surface area contributed by atoms with Gasteiger partial charge in [-0.25, -0.2) is 0 Å². The molecular formula is C16H15BrClNO3. The van der Waals surface area contributed by atoms with Crippen molar-refractivity contribution in [2.45, 2.75) is 24.3 Å². The second-order valence-corrected chi connectivity index (χ2v) is 7.88. The molecule has 1 amide bonds. The molecule has 0 aromatic heterocycles. The molecule has 2 saturated carbocycles. The van der Waals surface area contributed by atoms with Gasteiger partial charge in [0.2, 0.25) is 5.91 Å². The van der Waals surface area contributed by atoms with E-state index in [0.717, 1.165) is 12.0 Å². The highest BCUT2D eigenvalue weighted by atomic mass is 79.9. The fourth-order valence-electron chi connectivity index (χ4n) is 4.23. The summed E-state index contributed by atoms with van der Waals surface area (Å²) in [7, 11) is 0. The third-order valence-electron chi connectivity index (χ3n) is 5.27. The Morgan fingerprint density at radius 2 is 2.18 bits per heavy atom. The summed E-state index contributed by atoms with van der Waals surface area (Å²) in [6.45, 7) is 1.91. The van der Waals surface area contributed by atoms with E-state index in [2.05, 4.69) is 21.2 Å². The molecule has 116 valence electrons. The first kappa shape index (κ1) is 14.5. The van der Waals surface area contributed by atoms with E-state index >= 15 is 0 Å². The Kier molecular flexibility index (Phi) is 3.28. The second-order valence-electron chi connectivity index (χ2n) is 6.41. The minimum absolute atomic E-state index is 0.0552. The molecule has 22 heavy (non-hydrogen) atoms. The van der Waals surface area contributed by atoms with Crippen molar-refractivity contribution in [3.63, 3.8) is 0 Å². The lowest BCUT2D eigenvalue weighted by Crippen LogP contribution is -2.40. The van der Waals surface area contributed by atoms with Crippen LogP contribution in [0.3, 0.4) is 0 Å². The third-order valence-corrected chi connectivity index (χ3v) is 6.87. The average molecular weight is 385 g/mol. The zero-order valence-electron chi connectivity index (χ0n) is 11.9. The first-order valence-corrected chi connectivity index (χ1v) is 8.68. The van der Waals surface area contributed by atoms with Crippen LogP contribution in [0.5, 0.6) is 0 Å². The van der Waals surface area contributed by atoms with Gasteiger partial charge in [-0.2, -0.15) is 0 Å². The predicted molar refractivity (Wildman–Crippen MR) is 86.0 cm³/mol. The van der Waals surface area contributed by atoms with Gasteiger partial charge >= 0.3 is 5.97 Å². The van der Waals surface area contributed by atoms with Gasteiger partial charge in [-0.3, -0.25) is 9.59 Å². The number of halogens is 2. The first-order valence-electron chi connectivity index (χ1n) is 7.39. The van der Waals surface area contributed by atoms with Crippen LogP contribution in [0.25, 0.3) is 0 Å². The van der Waals surface area contributed by atoms with Gasteiger partial charge in [0.25, 0.3) is 0 Å². The quantitative estimate of drug-likeness (QED) is 0.629. The van der Waals surface area contributed by atoms with E-state index in [0.29, 0.717) is 10.7 Å². The van der Waals surface area contributed by atoms with Crippen LogP contribution < -0.4 is 5.32 Å². The highest BCUT2D eigenvalue weighted by Crippen LogP contribution is 2.60. The lowest BCUT2D eigenvalue weighted by atomic mass is 9.79. The molecule has 4 rings (SSSR count). The number of hydrogen-bond acceptors (Lipinski definition) is 3. The summed E-state index contributed by atoms with van der Waals surface area (Å²) in [6.07, 6.45) is 0.823. The number of ether oxygens (including phenoxy) is 1. The van der Waals surface area contributed by atoms with E-state index in [1.165, 1.54) is 0 Å². The van der Waals surface area contributed by atoms with Crippen LogP contribution >= 0.6 is 27.5 Å². The Morgan fingerprint density at radius 3 is 2.91 bits per heavy atom. The fraction of sp³-hybridized carbons (Fsp3) is 0.500. The minimum Gasteiger partial charge on any atom is -0.461 e. The number of fused-ring (bicyclic) bond motifs is 1. The summed E-state index contributed by atoms with van der Waals surface area (Å²) in [5, 5.41) is 3.52. The van der Waals surface area contributed by atoms with E-state index in [1.807, 2.05) is 19.1 Å². The molecule has 2 bridgehead atoms. The smallest absolute Gasteiger partial charge is 0.310 e. The third kappa shape index (κ3) is 1.95. The van der Waals surface area contributed by atoms with E-state index in [9.17, 15) is 9.59 Å². The van der Waals surface area contributed by atoms with Gasteiger partial charge in [0.15, 0.2) is 0 Å².